The molecule has 0 spiro atoms. The Labute approximate surface area is 209 Å². The van der Waals surface area contributed by atoms with Gasteiger partial charge in [0.25, 0.3) is 0 Å². The van der Waals surface area contributed by atoms with E-state index in [1.54, 1.807) is 0 Å². The molecular formula is C31H29O3S+. The van der Waals surface area contributed by atoms with E-state index in [1.165, 1.54) is 31.5 Å². The molecule has 3 unspecified atom stereocenters. The smallest absolute Gasteiger partial charge is 0.345 e. The number of carbonyl (C=O) groups excluding carboxylic acids is 1. The summed E-state index contributed by atoms with van der Waals surface area (Å²) in [6, 6.07) is 21.8. The zero-order valence-corrected chi connectivity index (χ0v) is 21.0. The fourth-order valence-corrected chi connectivity index (χ4v) is 8.90. The molecule has 2 aliphatic carbocycles. The van der Waals surface area contributed by atoms with Gasteiger partial charge in [-0.05, 0) is 74.4 Å². The van der Waals surface area contributed by atoms with E-state index >= 15 is 0 Å². The first-order valence-electron chi connectivity index (χ1n) is 12.4. The molecule has 2 saturated carbocycles. The van der Waals surface area contributed by atoms with Crippen LogP contribution in [0.1, 0.15) is 36.8 Å². The van der Waals surface area contributed by atoms with Crippen LogP contribution in [0.5, 0.6) is 5.75 Å². The summed E-state index contributed by atoms with van der Waals surface area (Å²) in [4.78, 5) is 14.0. The van der Waals surface area contributed by atoms with Gasteiger partial charge in [0.15, 0.2) is 26.5 Å². The minimum absolute atomic E-state index is 0.126. The van der Waals surface area contributed by atoms with Crippen LogP contribution in [0.2, 0.25) is 0 Å². The number of hydrogen-bond acceptors (Lipinski definition) is 3. The van der Waals surface area contributed by atoms with E-state index in [2.05, 4.69) is 66.6 Å². The van der Waals surface area contributed by atoms with Gasteiger partial charge >= 0.3 is 5.97 Å². The van der Waals surface area contributed by atoms with Crippen LogP contribution in [0.3, 0.4) is 0 Å². The van der Waals surface area contributed by atoms with E-state index in [1.807, 2.05) is 13.8 Å². The Morgan fingerprint density at radius 2 is 1.66 bits per heavy atom. The maximum Gasteiger partial charge on any atom is 0.345 e. The minimum atomic E-state index is -0.734. The fraction of sp³-hybridized carbons (Fsp3) is 0.323. The van der Waals surface area contributed by atoms with E-state index in [0.717, 1.165) is 36.1 Å². The molecule has 4 heteroatoms. The van der Waals surface area contributed by atoms with Crippen molar-refractivity contribution in [2.75, 3.05) is 6.61 Å². The predicted molar refractivity (Wildman–Crippen MR) is 143 cm³/mol. The molecule has 3 nitrogen and oxygen atoms in total. The third-order valence-electron chi connectivity index (χ3n) is 7.84. The summed E-state index contributed by atoms with van der Waals surface area (Å²) in [6.07, 6.45) is 9.95. The van der Waals surface area contributed by atoms with Crippen molar-refractivity contribution in [3.05, 3.63) is 71.8 Å². The quantitative estimate of drug-likeness (QED) is 0.169. The highest BCUT2D eigenvalue weighted by atomic mass is 32.2. The van der Waals surface area contributed by atoms with Crippen molar-refractivity contribution in [2.45, 2.75) is 45.1 Å². The lowest BCUT2D eigenvalue weighted by atomic mass is 9.84. The maximum absolute atomic E-state index is 12.7. The molecule has 3 aromatic carbocycles. The Morgan fingerprint density at radius 1 is 1.03 bits per heavy atom. The second-order valence-corrected chi connectivity index (χ2v) is 12.0. The highest BCUT2D eigenvalue weighted by molar-refractivity contribution is 7.50. The van der Waals surface area contributed by atoms with Gasteiger partial charge in [0.1, 0.15) is 5.75 Å². The molecule has 0 amide bonds. The summed E-state index contributed by atoms with van der Waals surface area (Å²) in [6.45, 7) is 3.97. The number of thiophene rings is 1. The Hall–Kier alpha value is -3.29. The molecule has 35 heavy (non-hydrogen) atoms. The molecule has 0 N–H and O–H groups in total. The summed E-state index contributed by atoms with van der Waals surface area (Å²) in [5, 5.41) is 2.63. The van der Waals surface area contributed by atoms with Gasteiger partial charge in [-0.2, -0.15) is 0 Å². The number of terminal acetylenes is 1. The van der Waals surface area contributed by atoms with Crippen LogP contribution in [0.4, 0.5) is 0 Å². The van der Waals surface area contributed by atoms with Crippen LogP contribution >= 0.6 is 10.5 Å². The monoisotopic (exact) mass is 481 g/mol. The highest BCUT2D eigenvalue weighted by Crippen LogP contribution is 2.52. The van der Waals surface area contributed by atoms with Gasteiger partial charge in [-0.3, -0.25) is 0 Å². The fourth-order valence-electron chi connectivity index (χ4n) is 6.34. The van der Waals surface area contributed by atoms with Gasteiger partial charge in [0.05, 0.1) is 0 Å². The third kappa shape index (κ3) is 3.61. The van der Waals surface area contributed by atoms with Crippen molar-refractivity contribution >= 4 is 36.6 Å². The number of rotatable bonds is 5. The highest BCUT2D eigenvalue weighted by Gasteiger charge is 2.53. The van der Waals surface area contributed by atoms with Gasteiger partial charge in [-0.25, -0.2) is 4.79 Å². The number of hydrogen-bond donors (Lipinski definition) is 0. The number of benzene rings is 3. The van der Waals surface area contributed by atoms with Gasteiger partial charge in [0.2, 0.25) is 0 Å². The molecule has 1 heterocycles. The van der Waals surface area contributed by atoms with E-state index in [4.69, 9.17) is 15.9 Å². The van der Waals surface area contributed by atoms with E-state index in [0.29, 0.717) is 11.8 Å². The Morgan fingerprint density at radius 3 is 2.20 bits per heavy atom. The first-order chi connectivity index (χ1) is 17.0. The second-order valence-electron chi connectivity index (χ2n) is 10.1. The van der Waals surface area contributed by atoms with E-state index in [9.17, 15) is 4.79 Å². The number of ether oxygens (including phenoxy) is 2. The van der Waals surface area contributed by atoms with Gasteiger partial charge in [-0.15, -0.1) is 6.42 Å². The first kappa shape index (κ1) is 22.2. The number of aryl methyl sites for hydroxylation is 2. The maximum atomic E-state index is 12.7. The van der Waals surface area contributed by atoms with Gasteiger partial charge in [0, 0.05) is 45.7 Å². The van der Waals surface area contributed by atoms with Crippen LogP contribution in [-0.4, -0.2) is 18.2 Å². The SMILES string of the molecule is C#CC1(OC(=O)COc2c(C)cc(-[s+]3c4ccccc4c4ccccc43)cc2C)CC2CCC1C2. The number of fused-ring (bicyclic) bond motifs is 5. The molecule has 2 fully saturated rings. The van der Waals surface area contributed by atoms with Crippen molar-refractivity contribution in [1.29, 1.82) is 0 Å². The summed E-state index contributed by atoms with van der Waals surface area (Å²) < 4.78 is 14.6. The molecule has 1 aromatic heterocycles. The lowest BCUT2D eigenvalue weighted by molar-refractivity contribution is -0.160. The molecule has 0 saturated heterocycles. The molecule has 6 rings (SSSR count). The Kier molecular flexibility index (Phi) is 5.34. The zero-order valence-electron chi connectivity index (χ0n) is 20.2. The standard InChI is InChI=1S/C31H29O3S/c1-4-31(18-22-13-14-23(31)17-22)34-29(32)19-33-30-20(2)15-24(16-21(30)3)35-27-11-7-5-9-25(27)26-10-6-8-12-28(26)35/h1,5-12,15-16,22-23H,13-14,17-19H2,2-3H3/q+1. The first-order valence-corrected chi connectivity index (χ1v) is 13.6. The normalized spacial score (nSPS) is 23.0. The van der Waals surface area contributed by atoms with Crippen LogP contribution in [0.15, 0.2) is 60.7 Å². The average molecular weight is 482 g/mol. The largest absolute Gasteiger partial charge is 0.481 e. The lowest BCUT2D eigenvalue weighted by Crippen LogP contribution is -2.40. The minimum Gasteiger partial charge on any atom is -0.481 e. The summed E-state index contributed by atoms with van der Waals surface area (Å²) in [5.74, 6) is 4.07. The number of carbonyl (C=O) groups is 1. The Bertz CT molecular complexity index is 1430. The van der Waals surface area contributed by atoms with Crippen LogP contribution < -0.4 is 4.74 Å². The zero-order chi connectivity index (χ0) is 24.2. The van der Waals surface area contributed by atoms with Gasteiger partial charge < -0.3 is 9.47 Å². The molecule has 176 valence electrons. The third-order valence-corrected chi connectivity index (χ3v) is 10.1. The van der Waals surface area contributed by atoms with E-state index in [-0.39, 0.29) is 23.0 Å². The van der Waals surface area contributed by atoms with Crippen LogP contribution in [-0.2, 0) is 9.53 Å². The molecule has 3 atom stereocenters. The van der Waals surface area contributed by atoms with E-state index < -0.39 is 5.60 Å². The molecular weight excluding hydrogens is 452 g/mol. The van der Waals surface area contributed by atoms with Crippen molar-refractivity contribution in [2.24, 2.45) is 11.8 Å². The van der Waals surface area contributed by atoms with Crippen molar-refractivity contribution < 1.29 is 14.3 Å². The molecule has 2 bridgehead atoms. The molecule has 0 aliphatic heterocycles. The Balaban J connectivity index is 1.27. The van der Waals surface area contributed by atoms with Gasteiger partial charge in [-0.1, -0.05) is 30.2 Å². The molecule has 4 aromatic rings. The van der Waals surface area contributed by atoms with Crippen LogP contribution in [0.25, 0.3) is 25.1 Å². The lowest BCUT2D eigenvalue weighted by Gasteiger charge is -2.32. The second kappa shape index (κ2) is 8.43. The van der Waals surface area contributed by atoms with Crippen LogP contribution in [0, 0.1) is 38.0 Å². The predicted octanol–water partition coefficient (Wildman–Crippen LogP) is 7.46. The van der Waals surface area contributed by atoms with Crippen molar-refractivity contribution in [3.8, 4) is 23.0 Å². The summed E-state index contributed by atoms with van der Waals surface area (Å²) >= 11 is 0. The number of esters is 1. The molecule has 0 radical (unpaired) electrons. The average Bonchev–Trinajstić information content (AvgIpc) is 3.55. The van der Waals surface area contributed by atoms with Crippen molar-refractivity contribution in [3.63, 3.8) is 0 Å². The molecule has 2 aliphatic rings. The van der Waals surface area contributed by atoms with Crippen molar-refractivity contribution in [1.82, 2.24) is 0 Å². The summed E-state index contributed by atoms with van der Waals surface area (Å²) in [5.41, 5.74) is 1.31. The topological polar surface area (TPSA) is 35.5 Å². The summed E-state index contributed by atoms with van der Waals surface area (Å²) in [7, 11) is -0.163.